The zero-order valence-corrected chi connectivity index (χ0v) is 11.8. The van der Waals surface area contributed by atoms with E-state index in [4.69, 9.17) is 4.74 Å². The molecule has 0 bridgehead atoms. The molecular formula is C15H22N2O2. The summed E-state index contributed by atoms with van der Waals surface area (Å²) in [6, 6.07) is 9.42. The van der Waals surface area contributed by atoms with Crippen LogP contribution in [0, 0.1) is 0 Å². The maximum atomic E-state index is 12.2. The van der Waals surface area contributed by atoms with Crippen LogP contribution in [0.4, 0.5) is 5.69 Å². The van der Waals surface area contributed by atoms with E-state index in [-0.39, 0.29) is 24.2 Å². The smallest absolute Gasteiger partial charge is 0.241 e. The number of morpholine rings is 1. The first-order valence-corrected chi connectivity index (χ1v) is 6.81. The Morgan fingerprint density at radius 2 is 1.84 bits per heavy atom. The molecule has 1 fully saturated rings. The van der Waals surface area contributed by atoms with Crippen molar-refractivity contribution in [3.63, 3.8) is 0 Å². The second kappa shape index (κ2) is 6.17. The fraction of sp³-hybridized carbons (Fsp3) is 0.533. The monoisotopic (exact) mass is 262 g/mol. The number of ether oxygens (including phenoxy) is 1. The zero-order chi connectivity index (χ0) is 13.8. The molecule has 1 aliphatic heterocycles. The molecule has 1 aromatic rings. The first-order chi connectivity index (χ1) is 9.06. The summed E-state index contributed by atoms with van der Waals surface area (Å²) in [5, 5.41) is 2.95. The fourth-order valence-corrected chi connectivity index (χ4v) is 2.47. The van der Waals surface area contributed by atoms with Gasteiger partial charge in [0.05, 0.1) is 18.2 Å². The number of anilines is 1. The van der Waals surface area contributed by atoms with Crippen molar-refractivity contribution in [1.29, 1.82) is 0 Å². The van der Waals surface area contributed by atoms with E-state index in [2.05, 4.69) is 10.2 Å². The van der Waals surface area contributed by atoms with Crippen molar-refractivity contribution in [1.82, 2.24) is 4.90 Å². The predicted octanol–water partition coefficient (Wildman–Crippen LogP) is 2.12. The maximum Gasteiger partial charge on any atom is 0.241 e. The number of nitrogens with zero attached hydrogens (tertiary/aromatic N) is 1. The Balaban J connectivity index is 1.95. The van der Waals surface area contributed by atoms with E-state index < -0.39 is 0 Å². The van der Waals surface area contributed by atoms with Gasteiger partial charge in [-0.15, -0.1) is 0 Å². The highest BCUT2D eigenvalue weighted by atomic mass is 16.5. The minimum atomic E-state index is -0.144. The summed E-state index contributed by atoms with van der Waals surface area (Å²) in [5.74, 6) is 0.0347. The minimum absolute atomic E-state index is 0.0347. The molecule has 0 saturated carbocycles. The fourth-order valence-electron chi connectivity index (χ4n) is 2.47. The van der Waals surface area contributed by atoms with E-state index in [1.807, 2.05) is 51.1 Å². The second-order valence-electron chi connectivity index (χ2n) is 5.24. The molecule has 1 amide bonds. The van der Waals surface area contributed by atoms with Gasteiger partial charge >= 0.3 is 0 Å². The van der Waals surface area contributed by atoms with E-state index in [1.54, 1.807) is 0 Å². The highest BCUT2D eigenvalue weighted by molar-refractivity contribution is 5.94. The first kappa shape index (κ1) is 14.0. The number of rotatable bonds is 3. The molecule has 0 spiro atoms. The summed E-state index contributed by atoms with van der Waals surface area (Å²) in [4.78, 5) is 14.4. The average molecular weight is 262 g/mol. The molecule has 0 aliphatic carbocycles. The van der Waals surface area contributed by atoms with Gasteiger partial charge in [-0.3, -0.25) is 9.69 Å². The molecule has 3 atom stereocenters. The van der Waals surface area contributed by atoms with Crippen LogP contribution in [0.5, 0.6) is 0 Å². The number of hydrogen-bond donors (Lipinski definition) is 1. The minimum Gasteiger partial charge on any atom is -0.373 e. The number of para-hydroxylation sites is 1. The summed E-state index contributed by atoms with van der Waals surface area (Å²) in [6.07, 6.45) is 0.353. The lowest BCUT2D eigenvalue weighted by Gasteiger charge is -2.38. The van der Waals surface area contributed by atoms with E-state index in [0.717, 1.165) is 18.8 Å². The Hall–Kier alpha value is -1.39. The normalized spacial score (nSPS) is 25.8. The van der Waals surface area contributed by atoms with Gasteiger partial charge in [-0.2, -0.15) is 0 Å². The summed E-state index contributed by atoms with van der Waals surface area (Å²) < 4.78 is 5.69. The highest BCUT2D eigenvalue weighted by Crippen LogP contribution is 2.15. The van der Waals surface area contributed by atoms with Gasteiger partial charge in [-0.1, -0.05) is 18.2 Å². The van der Waals surface area contributed by atoms with Crippen molar-refractivity contribution in [3.05, 3.63) is 30.3 Å². The van der Waals surface area contributed by atoms with Gasteiger partial charge in [-0.05, 0) is 32.9 Å². The number of hydrogen-bond acceptors (Lipinski definition) is 3. The molecule has 1 saturated heterocycles. The quantitative estimate of drug-likeness (QED) is 0.907. The molecule has 0 radical (unpaired) electrons. The van der Waals surface area contributed by atoms with Crippen LogP contribution < -0.4 is 5.32 Å². The number of nitrogens with one attached hydrogen (secondary N) is 1. The third kappa shape index (κ3) is 3.78. The summed E-state index contributed by atoms with van der Waals surface area (Å²) >= 11 is 0. The third-order valence-electron chi connectivity index (χ3n) is 3.42. The molecule has 0 unspecified atom stereocenters. The summed E-state index contributed by atoms with van der Waals surface area (Å²) in [5.41, 5.74) is 0.841. The molecule has 19 heavy (non-hydrogen) atoms. The maximum absolute atomic E-state index is 12.2. The Morgan fingerprint density at radius 3 is 2.42 bits per heavy atom. The lowest BCUT2D eigenvalue weighted by atomic mass is 10.1. The van der Waals surface area contributed by atoms with Gasteiger partial charge in [0.2, 0.25) is 5.91 Å². The standard InChI is InChI=1S/C15H22N2O2/c1-11-9-17(10-12(2)19-11)13(3)15(18)16-14-7-5-4-6-8-14/h4-8,11-13H,9-10H2,1-3H3,(H,16,18)/t11-,12-,13-/m0/s1. The molecule has 1 heterocycles. The lowest BCUT2D eigenvalue weighted by Crippen LogP contribution is -2.52. The lowest BCUT2D eigenvalue weighted by molar-refractivity contribution is -0.126. The van der Waals surface area contributed by atoms with Crippen LogP contribution in [0.2, 0.25) is 0 Å². The van der Waals surface area contributed by atoms with Crippen LogP contribution in [0.3, 0.4) is 0 Å². The topological polar surface area (TPSA) is 41.6 Å². The average Bonchev–Trinajstić information content (AvgIpc) is 2.37. The summed E-state index contributed by atoms with van der Waals surface area (Å²) in [6.45, 7) is 7.64. The van der Waals surface area contributed by atoms with E-state index in [9.17, 15) is 4.79 Å². The van der Waals surface area contributed by atoms with Gasteiger partial charge in [0.1, 0.15) is 0 Å². The number of amides is 1. The Labute approximate surface area is 114 Å². The highest BCUT2D eigenvalue weighted by Gasteiger charge is 2.29. The Kier molecular flexibility index (Phi) is 4.56. The van der Waals surface area contributed by atoms with Crippen molar-refractivity contribution in [2.24, 2.45) is 0 Å². The van der Waals surface area contributed by atoms with E-state index >= 15 is 0 Å². The molecule has 1 aromatic carbocycles. The third-order valence-corrected chi connectivity index (χ3v) is 3.42. The van der Waals surface area contributed by atoms with E-state index in [1.165, 1.54) is 0 Å². The predicted molar refractivity (Wildman–Crippen MR) is 76.1 cm³/mol. The molecule has 2 rings (SSSR count). The molecule has 1 N–H and O–H groups in total. The SMILES string of the molecule is C[C@H]1CN([C@@H](C)C(=O)Nc2ccccc2)C[C@H](C)O1. The Bertz CT molecular complexity index is 411. The van der Waals surface area contributed by atoms with Crippen LogP contribution in [0.25, 0.3) is 0 Å². The molecular weight excluding hydrogens is 240 g/mol. The van der Waals surface area contributed by atoms with Gasteiger partial charge < -0.3 is 10.1 Å². The van der Waals surface area contributed by atoms with Crippen molar-refractivity contribution in [2.75, 3.05) is 18.4 Å². The van der Waals surface area contributed by atoms with Gasteiger partial charge in [0.25, 0.3) is 0 Å². The van der Waals surface area contributed by atoms with Crippen molar-refractivity contribution >= 4 is 11.6 Å². The van der Waals surface area contributed by atoms with Crippen molar-refractivity contribution < 1.29 is 9.53 Å². The first-order valence-electron chi connectivity index (χ1n) is 6.81. The van der Waals surface area contributed by atoms with Gasteiger partial charge in [0.15, 0.2) is 0 Å². The molecule has 0 aromatic heterocycles. The number of benzene rings is 1. The molecule has 4 nitrogen and oxygen atoms in total. The van der Waals surface area contributed by atoms with Crippen LogP contribution in [0.1, 0.15) is 20.8 Å². The Morgan fingerprint density at radius 1 is 1.26 bits per heavy atom. The second-order valence-corrected chi connectivity index (χ2v) is 5.24. The largest absolute Gasteiger partial charge is 0.373 e. The molecule has 4 heteroatoms. The van der Waals surface area contributed by atoms with Crippen molar-refractivity contribution in [2.45, 2.75) is 39.0 Å². The van der Waals surface area contributed by atoms with E-state index in [0.29, 0.717) is 0 Å². The molecule has 1 aliphatic rings. The zero-order valence-electron chi connectivity index (χ0n) is 11.8. The number of carbonyl (C=O) groups is 1. The van der Waals surface area contributed by atoms with Crippen LogP contribution in [-0.4, -0.2) is 42.1 Å². The molecule has 104 valence electrons. The number of carbonyl (C=O) groups excluding carboxylic acids is 1. The van der Waals surface area contributed by atoms with Gasteiger partial charge in [-0.25, -0.2) is 0 Å². The van der Waals surface area contributed by atoms with Crippen LogP contribution >= 0.6 is 0 Å². The summed E-state index contributed by atoms with van der Waals surface area (Å²) in [7, 11) is 0. The van der Waals surface area contributed by atoms with Crippen LogP contribution in [0.15, 0.2) is 30.3 Å². The van der Waals surface area contributed by atoms with Gasteiger partial charge in [0, 0.05) is 18.8 Å². The van der Waals surface area contributed by atoms with Crippen molar-refractivity contribution in [3.8, 4) is 0 Å². The van der Waals surface area contributed by atoms with Crippen LogP contribution in [-0.2, 0) is 9.53 Å².